The third-order valence-electron chi connectivity index (χ3n) is 5.27. The molecule has 1 N–H and O–H groups in total. The van der Waals surface area contributed by atoms with Crippen molar-refractivity contribution in [2.75, 3.05) is 19.7 Å². The van der Waals surface area contributed by atoms with Gasteiger partial charge in [-0.2, -0.15) is 5.26 Å². The molecule has 26 heavy (non-hydrogen) atoms. The number of benzene rings is 1. The first kappa shape index (κ1) is 16.8. The molecule has 4 rings (SSSR count). The van der Waals surface area contributed by atoms with E-state index >= 15 is 0 Å². The Hall–Kier alpha value is -2.65. The van der Waals surface area contributed by atoms with Crippen molar-refractivity contribution in [1.29, 1.82) is 5.26 Å². The van der Waals surface area contributed by atoms with E-state index < -0.39 is 0 Å². The average Bonchev–Trinajstić information content (AvgIpc) is 3.08. The number of amides is 1. The lowest BCUT2D eigenvalue weighted by molar-refractivity contribution is -0.141. The highest BCUT2D eigenvalue weighted by Crippen LogP contribution is 2.33. The van der Waals surface area contributed by atoms with Crippen molar-refractivity contribution in [3.63, 3.8) is 0 Å². The van der Waals surface area contributed by atoms with Gasteiger partial charge in [0.25, 0.3) is 0 Å². The number of imidazole rings is 1. The van der Waals surface area contributed by atoms with Gasteiger partial charge in [0.15, 0.2) is 0 Å². The number of carbonyl (C=O) groups is 1. The zero-order valence-corrected chi connectivity index (χ0v) is 14.9. The second-order valence-electron chi connectivity index (χ2n) is 7.01. The summed E-state index contributed by atoms with van der Waals surface area (Å²) in [5, 5.41) is 8.94. The van der Waals surface area contributed by atoms with Crippen LogP contribution >= 0.6 is 0 Å². The van der Waals surface area contributed by atoms with Crippen LogP contribution in [0, 0.1) is 18.3 Å². The minimum atomic E-state index is -0.150. The van der Waals surface area contributed by atoms with Crippen molar-refractivity contribution in [2.24, 2.45) is 0 Å². The van der Waals surface area contributed by atoms with E-state index in [9.17, 15) is 4.79 Å². The monoisotopic (exact) mass is 350 g/mol. The van der Waals surface area contributed by atoms with Gasteiger partial charge in [0, 0.05) is 12.2 Å². The maximum atomic E-state index is 13.2. The highest BCUT2D eigenvalue weighted by atomic mass is 16.5. The summed E-state index contributed by atoms with van der Waals surface area (Å²) in [6.45, 7) is 3.62. The molecule has 1 aliphatic carbocycles. The summed E-state index contributed by atoms with van der Waals surface area (Å²) < 4.78 is 5.88. The molecule has 2 aliphatic rings. The van der Waals surface area contributed by atoms with Gasteiger partial charge in [-0.25, -0.2) is 4.98 Å². The van der Waals surface area contributed by atoms with Crippen LogP contribution in [0.5, 0.6) is 0 Å². The zero-order chi connectivity index (χ0) is 18.1. The number of nitrogens with one attached hydrogen (secondary N) is 1. The third kappa shape index (κ3) is 3.11. The minimum absolute atomic E-state index is 0.149. The maximum absolute atomic E-state index is 13.2. The summed E-state index contributed by atoms with van der Waals surface area (Å²) in [4.78, 5) is 23.0. The number of ether oxygens (including phenoxy) is 1. The molecule has 6 nitrogen and oxygen atoms in total. The lowest BCUT2D eigenvalue weighted by Gasteiger charge is -2.35. The van der Waals surface area contributed by atoms with Crippen molar-refractivity contribution < 1.29 is 9.53 Å². The smallest absolute Gasteiger partial charge is 0.231 e. The van der Waals surface area contributed by atoms with Crippen LogP contribution in [0.2, 0.25) is 0 Å². The molecule has 6 heteroatoms. The largest absolute Gasteiger partial charge is 0.370 e. The second-order valence-corrected chi connectivity index (χ2v) is 7.01. The Bertz CT molecular complexity index is 850. The lowest BCUT2D eigenvalue weighted by atomic mass is 9.88. The molecular weight excluding hydrogens is 328 g/mol. The number of hydrogen-bond donors (Lipinski definition) is 1. The molecule has 0 saturated carbocycles. The van der Waals surface area contributed by atoms with Gasteiger partial charge in [0.2, 0.25) is 5.91 Å². The van der Waals surface area contributed by atoms with E-state index in [1.165, 1.54) is 0 Å². The van der Waals surface area contributed by atoms with Crippen LogP contribution in [0.1, 0.15) is 53.2 Å². The van der Waals surface area contributed by atoms with Crippen LogP contribution < -0.4 is 0 Å². The molecule has 1 amide bonds. The molecule has 0 bridgehead atoms. The molecule has 0 spiro atoms. The predicted molar refractivity (Wildman–Crippen MR) is 95.4 cm³/mol. The first-order chi connectivity index (χ1) is 12.7. The number of nitriles is 1. The van der Waals surface area contributed by atoms with E-state index in [-0.39, 0.29) is 17.9 Å². The van der Waals surface area contributed by atoms with Gasteiger partial charge in [-0.1, -0.05) is 12.1 Å². The fourth-order valence-electron chi connectivity index (χ4n) is 3.94. The number of carbonyl (C=O) groups excluding carboxylic acids is 1. The molecule has 2 heterocycles. The Morgan fingerprint density at radius 3 is 2.96 bits per heavy atom. The molecule has 1 fully saturated rings. The van der Waals surface area contributed by atoms with Crippen molar-refractivity contribution >= 4 is 5.91 Å². The summed E-state index contributed by atoms with van der Waals surface area (Å²) in [6.07, 6.45) is 2.69. The fraction of sp³-hybridized carbons (Fsp3) is 0.450. The first-order valence-electron chi connectivity index (χ1n) is 9.11. The summed E-state index contributed by atoms with van der Waals surface area (Å²) in [7, 11) is 0. The van der Waals surface area contributed by atoms with Crippen LogP contribution in [-0.2, 0) is 16.0 Å². The zero-order valence-electron chi connectivity index (χ0n) is 14.9. The van der Waals surface area contributed by atoms with Gasteiger partial charge in [-0.3, -0.25) is 4.79 Å². The standard InChI is InChI=1S/C20H22N4O2/c1-13-22-17-4-2-3-16(19(17)23-13)20(25)24-9-10-26-18(12-24)15-7-5-14(11-21)6-8-15/h5-8,16,18H,2-4,9-10,12H2,1H3,(H,22,23). The molecule has 134 valence electrons. The topological polar surface area (TPSA) is 82.0 Å². The summed E-state index contributed by atoms with van der Waals surface area (Å²) in [5.74, 6) is 0.884. The molecule has 1 aromatic heterocycles. The number of morpholine rings is 1. The van der Waals surface area contributed by atoms with Gasteiger partial charge in [0.05, 0.1) is 36.4 Å². The normalized spacial score (nSPS) is 22.5. The number of hydrogen-bond acceptors (Lipinski definition) is 4. The molecule has 1 aliphatic heterocycles. The summed E-state index contributed by atoms with van der Waals surface area (Å²) >= 11 is 0. The van der Waals surface area contributed by atoms with Gasteiger partial charge in [-0.05, 0) is 43.9 Å². The number of aromatic nitrogens is 2. The summed E-state index contributed by atoms with van der Waals surface area (Å²) in [6, 6.07) is 9.52. The van der Waals surface area contributed by atoms with E-state index in [1.807, 2.05) is 24.0 Å². The van der Waals surface area contributed by atoms with E-state index in [0.29, 0.717) is 25.3 Å². The van der Waals surface area contributed by atoms with Gasteiger partial charge < -0.3 is 14.6 Å². The molecule has 2 aromatic rings. The van der Waals surface area contributed by atoms with Crippen LogP contribution in [0.15, 0.2) is 24.3 Å². The highest BCUT2D eigenvalue weighted by Gasteiger charge is 2.35. The first-order valence-corrected chi connectivity index (χ1v) is 9.11. The lowest BCUT2D eigenvalue weighted by Crippen LogP contribution is -2.45. The average molecular weight is 350 g/mol. The van der Waals surface area contributed by atoms with E-state index in [1.54, 1.807) is 12.1 Å². The van der Waals surface area contributed by atoms with E-state index in [2.05, 4.69) is 16.0 Å². The van der Waals surface area contributed by atoms with E-state index in [0.717, 1.165) is 42.0 Å². The van der Waals surface area contributed by atoms with Gasteiger partial charge in [0.1, 0.15) is 11.9 Å². The SMILES string of the molecule is Cc1nc2c([nH]1)CCCC2C(=O)N1CCOC(c2ccc(C#N)cc2)C1. The fourth-order valence-corrected chi connectivity index (χ4v) is 3.94. The maximum Gasteiger partial charge on any atom is 0.231 e. The Kier molecular flexibility index (Phi) is 4.48. The molecule has 1 aromatic carbocycles. The van der Waals surface area contributed by atoms with Crippen molar-refractivity contribution in [3.05, 3.63) is 52.6 Å². The Labute approximate surface area is 152 Å². The number of H-pyrrole nitrogens is 1. The Balaban J connectivity index is 1.51. The van der Waals surface area contributed by atoms with Crippen LogP contribution in [0.4, 0.5) is 0 Å². The Morgan fingerprint density at radius 2 is 2.19 bits per heavy atom. The van der Waals surface area contributed by atoms with Crippen LogP contribution in [0.25, 0.3) is 0 Å². The molecule has 2 atom stereocenters. The third-order valence-corrected chi connectivity index (χ3v) is 5.27. The van der Waals surface area contributed by atoms with Crippen molar-refractivity contribution in [1.82, 2.24) is 14.9 Å². The van der Waals surface area contributed by atoms with Crippen molar-refractivity contribution in [3.8, 4) is 6.07 Å². The number of aromatic amines is 1. The molecule has 1 saturated heterocycles. The van der Waals surface area contributed by atoms with E-state index in [4.69, 9.17) is 10.00 Å². The Morgan fingerprint density at radius 1 is 1.38 bits per heavy atom. The van der Waals surface area contributed by atoms with Crippen molar-refractivity contribution in [2.45, 2.75) is 38.2 Å². The number of rotatable bonds is 2. The van der Waals surface area contributed by atoms with Gasteiger partial charge in [-0.15, -0.1) is 0 Å². The molecule has 0 radical (unpaired) electrons. The van der Waals surface area contributed by atoms with Crippen LogP contribution in [-0.4, -0.2) is 40.5 Å². The quantitative estimate of drug-likeness (QED) is 0.902. The molecule has 2 unspecified atom stereocenters. The predicted octanol–water partition coefficient (Wildman–Crippen LogP) is 2.61. The summed E-state index contributed by atoms with van der Waals surface area (Å²) in [5.41, 5.74) is 3.67. The van der Waals surface area contributed by atoms with Crippen LogP contribution in [0.3, 0.4) is 0 Å². The number of nitrogens with zero attached hydrogens (tertiary/aromatic N) is 3. The minimum Gasteiger partial charge on any atom is -0.370 e. The van der Waals surface area contributed by atoms with Gasteiger partial charge >= 0.3 is 0 Å². The molecular formula is C20H22N4O2. The highest BCUT2D eigenvalue weighted by molar-refractivity contribution is 5.84. The number of fused-ring (bicyclic) bond motifs is 1. The number of aryl methyl sites for hydroxylation is 2. The second kappa shape index (κ2) is 6.93.